The molecule has 0 aromatic carbocycles. The van der Waals surface area contributed by atoms with Crippen LogP contribution in [-0.4, -0.2) is 24.2 Å². The van der Waals surface area contributed by atoms with E-state index in [1.807, 2.05) is 12.1 Å². The van der Waals surface area contributed by atoms with Gasteiger partial charge < -0.3 is 15.4 Å². The van der Waals surface area contributed by atoms with Crippen LogP contribution in [0.5, 0.6) is 5.88 Å². The molecular weight excluding hydrogens is 250 g/mol. The Labute approximate surface area is 121 Å². The topological polar surface area (TPSA) is 51.4 Å². The monoisotopic (exact) mass is 275 g/mol. The number of anilines is 2. The highest BCUT2D eigenvalue weighted by molar-refractivity contribution is 5.55. The summed E-state index contributed by atoms with van der Waals surface area (Å²) in [7, 11) is 0. The lowest BCUT2D eigenvalue weighted by Crippen LogP contribution is -2.29. The Morgan fingerprint density at radius 3 is 2.65 bits per heavy atom. The summed E-state index contributed by atoms with van der Waals surface area (Å²) in [5.74, 6) is 2.98. The number of nitrogen functional groups attached to an aromatic ring is 1. The fourth-order valence-corrected chi connectivity index (χ4v) is 2.36. The molecule has 2 aliphatic carbocycles. The van der Waals surface area contributed by atoms with Gasteiger partial charge in [-0.25, -0.2) is 0 Å². The molecule has 20 heavy (non-hydrogen) atoms. The van der Waals surface area contributed by atoms with Crippen LogP contribution in [0, 0.1) is 11.8 Å². The molecule has 2 saturated carbocycles. The first-order chi connectivity index (χ1) is 9.63. The Hall–Kier alpha value is -1.45. The number of ether oxygens (including phenoxy) is 1. The van der Waals surface area contributed by atoms with Gasteiger partial charge >= 0.3 is 0 Å². The highest BCUT2D eigenvalue weighted by atomic mass is 16.5. The third kappa shape index (κ3) is 3.35. The zero-order valence-corrected chi connectivity index (χ0v) is 12.5. The number of aromatic nitrogens is 1. The second-order valence-electron chi connectivity index (χ2n) is 6.60. The molecule has 3 rings (SSSR count). The van der Waals surface area contributed by atoms with E-state index in [0.29, 0.717) is 30.1 Å². The largest absolute Gasteiger partial charge is 0.476 e. The lowest BCUT2D eigenvalue weighted by atomic mass is 10.2. The normalized spacial score (nSPS) is 18.4. The first kappa shape index (κ1) is 13.5. The van der Waals surface area contributed by atoms with Gasteiger partial charge in [0, 0.05) is 12.6 Å². The van der Waals surface area contributed by atoms with Crippen LogP contribution in [0.15, 0.2) is 12.1 Å². The van der Waals surface area contributed by atoms with E-state index in [0.717, 1.165) is 18.3 Å². The van der Waals surface area contributed by atoms with Crippen LogP contribution in [0.2, 0.25) is 0 Å². The molecule has 4 heteroatoms. The van der Waals surface area contributed by atoms with Gasteiger partial charge in [0.25, 0.3) is 0 Å². The van der Waals surface area contributed by atoms with Crippen molar-refractivity contribution in [2.45, 2.75) is 45.6 Å². The van der Waals surface area contributed by atoms with Gasteiger partial charge in [0.2, 0.25) is 5.88 Å². The van der Waals surface area contributed by atoms with E-state index < -0.39 is 0 Å². The molecule has 0 unspecified atom stereocenters. The van der Waals surface area contributed by atoms with Gasteiger partial charge in [0.05, 0.1) is 12.3 Å². The number of rotatable bonds is 7. The molecule has 0 radical (unpaired) electrons. The molecule has 110 valence electrons. The average Bonchev–Trinajstić information content (AvgIpc) is 3.26. The molecule has 1 heterocycles. The van der Waals surface area contributed by atoms with Crippen LogP contribution < -0.4 is 15.4 Å². The van der Waals surface area contributed by atoms with Crippen molar-refractivity contribution in [2.75, 3.05) is 23.8 Å². The number of hydrogen-bond acceptors (Lipinski definition) is 4. The van der Waals surface area contributed by atoms with Gasteiger partial charge in [-0.1, -0.05) is 13.8 Å². The summed E-state index contributed by atoms with van der Waals surface area (Å²) in [6.07, 6.45) is 5.33. The summed E-state index contributed by atoms with van der Waals surface area (Å²) >= 11 is 0. The van der Waals surface area contributed by atoms with Gasteiger partial charge in [0.1, 0.15) is 5.82 Å². The molecule has 0 amide bonds. The molecule has 2 fully saturated rings. The summed E-state index contributed by atoms with van der Waals surface area (Å²) in [6.45, 7) is 6.06. The van der Waals surface area contributed by atoms with E-state index in [-0.39, 0.29) is 0 Å². The third-order valence-corrected chi connectivity index (χ3v) is 3.86. The maximum Gasteiger partial charge on any atom is 0.239 e. The number of nitrogens with zero attached hydrogens (tertiary/aromatic N) is 2. The maximum absolute atomic E-state index is 5.98. The van der Waals surface area contributed by atoms with E-state index in [9.17, 15) is 0 Å². The van der Waals surface area contributed by atoms with Crippen molar-refractivity contribution in [3.05, 3.63) is 12.1 Å². The number of nitrogens with two attached hydrogens (primary N) is 1. The van der Waals surface area contributed by atoms with E-state index in [2.05, 4.69) is 23.7 Å². The molecule has 0 spiro atoms. The minimum atomic E-state index is 0.478. The predicted molar refractivity (Wildman–Crippen MR) is 82.1 cm³/mol. The molecule has 0 bridgehead atoms. The average molecular weight is 275 g/mol. The van der Waals surface area contributed by atoms with E-state index in [4.69, 9.17) is 10.5 Å². The molecule has 1 aromatic heterocycles. The number of hydrogen-bond donors (Lipinski definition) is 1. The molecule has 1 aromatic rings. The van der Waals surface area contributed by atoms with Crippen molar-refractivity contribution < 1.29 is 4.74 Å². The minimum absolute atomic E-state index is 0.478. The fraction of sp³-hybridized carbons (Fsp3) is 0.688. The van der Waals surface area contributed by atoms with Crippen LogP contribution in [0.4, 0.5) is 11.5 Å². The summed E-state index contributed by atoms with van der Waals surface area (Å²) in [5.41, 5.74) is 6.61. The lowest BCUT2D eigenvalue weighted by molar-refractivity contribution is 0.263. The van der Waals surface area contributed by atoms with Crippen molar-refractivity contribution in [3.8, 4) is 5.88 Å². The first-order valence-corrected chi connectivity index (χ1v) is 7.79. The third-order valence-electron chi connectivity index (χ3n) is 3.86. The molecule has 0 aliphatic heterocycles. The van der Waals surface area contributed by atoms with Crippen molar-refractivity contribution in [2.24, 2.45) is 11.8 Å². The summed E-state index contributed by atoms with van der Waals surface area (Å²) < 4.78 is 5.75. The molecule has 4 nitrogen and oxygen atoms in total. The van der Waals surface area contributed by atoms with E-state index in [1.54, 1.807) is 0 Å². The van der Waals surface area contributed by atoms with Crippen molar-refractivity contribution in [1.82, 2.24) is 4.98 Å². The van der Waals surface area contributed by atoms with E-state index >= 15 is 0 Å². The lowest BCUT2D eigenvalue weighted by Gasteiger charge is -2.24. The van der Waals surface area contributed by atoms with Gasteiger partial charge in [-0.05, 0) is 49.7 Å². The Morgan fingerprint density at radius 2 is 2.05 bits per heavy atom. The van der Waals surface area contributed by atoms with Crippen molar-refractivity contribution in [1.29, 1.82) is 0 Å². The van der Waals surface area contributed by atoms with Crippen LogP contribution in [0.1, 0.15) is 39.5 Å². The standard InChI is InChI=1S/C16H25N3O/c1-11(2)10-20-16-14(17)7-8-15(18-16)19(13-5-6-13)9-12-3-4-12/h7-8,11-13H,3-6,9-10,17H2,1-2H3. The van der Waals surface area contributed by atoms with Gasteiger partial charge in [-0.15, -0.1) is 0 Å². The quantitative estimate of drug-likeness (QED) is 0.831. The Kier molecular flexibility index (Phi) is 3.72. The first-order valence-electron chi connectivity index (χ1n) is 7.79. The Morgan fingerprint density at radius 1 is 1.30 bits per heavy atom. The van der Waals surface area contributed by atoms with Crippen LogP contribution >= 0.6 is 0 Å². The zero-order chi connectivity index (χ0) is 14.1. The highest BCUT2D eigenvalue weighted by Crippen LogP contribution is 2.38. The minimum Gasteiger partial charge on any atom is -0.476 e. The van der Waals surface area contributed by atoms with Crippen molar-refractivity contribution >= 4 is 11.5 Å². The van der Waals surface area contributed by atoms with Crippen LogP contribution in [0.25, 0.3) is 0 Å². The summed E-state index contributed by atoms with van der Waals surface area (Å²) in [5, 5.41) is 0. The van der Waals surface area contributed by atoms with Crippen LogP contribution in [0.3, 0.4) is 0 Å². The highest BCUT2D eigenvalue weighted by Gasteiger charge is 2.34. The Bertz CT molecular complexity index is 467. The maximum atomic E-state index is 5.98. The zero-order valence-electron chi connectivity index (χ0n) is 12.5. The molecule has 0 atom stereocenters. The molecule has 2 N–H and O–H groups in total. The van der Waals surface area contributed by atoms with E-state index in [1.165, 1.54) is 25.7 Å². The molecule has 0 saturated heterocycles. The second-order valence-corrected chi connectivity index (χ2v) is 6.60. The fourth-order valence-electron chi connectivity index (χ4n) is 2.36. The van der Waals surface area contributed by atoms with Gasteiger partial charge in [-0.2, -0.15) is 4.98 Å². The molecular formula is C16H25N3O. The van der Waals surface area contributed by atoms with Crippen LogP contribution in [-0.2, 0) is 0 Å². The Balaban J connectivity index is 1.75. The smallest absolute Gasteiger partial charge is 0.239 e. The SMILES string of the molecule is CC(C)COc1nc(N(CC2CC2)C2CC2)ccc1N. The van der Waals surface area contributed by atoms with Gasteiger partial charge in [0.15, 0.2) is 0 Å². The predicted octanol–water partition coefficient (Wildman–Crippen LogP) is 3.08. The molecule has 2 aliphatic rings. The summed E-state index contributed by atoms with van der Waals surface area (Å²) in [6, 6.07) is 4.66. The summed E-state index contributed by atoms with van der Waals surface area (Å²) in [4.78, 5) is 7.12. The number of pyridine rings is 1. The van der Waals surface area contributed by atoms with Gasteiger partial charge in [-0.3, -0.25) is 0 Å². The second kappa shape index (κ2) is 5.51. The van der Waals surface area contributed by atoms with Crippen molar-refractivity contribution in [3.63, 3.8) is 0 Å².